The molecule has 0 aliphatic carbocycles. The fourth-order valence-corrected chi connectivity index (χ4v) is 2.41. The lowest BCUT2D eigenvalue weighted by Crippen LogP contribution is -2.10. The molecule has 0 fully saturated rings. The number of hydrogen-bond acceptors (Lipinski definition) is 4. The van der Waals surface area contributed by atoms with Crippen LogP contribution in [0.25, 0.3) is 11.0 Å². The van der Waals surface area contributed by atoms with Crippen LogP contribution in [0.3, 0.4) is 0 Å². The van der Waals surface area contributed by atoms with E-state index in [1.165, 1.54) is 5.56 Å². The van der Waals surface area contributed by atoms with Gasteiger partial charge in [-0.3, -0.25) is 4.79 Å². The zero-order valence-electron chi connectivity index (χ0n) is 12.7. The Balaban J connectivity index is 1.75. The molecular weight excluding hydrogens is 290 g/mol. The molecule has 3 aromatic rings. The molecule has 23 heavy (non-hydrogen) atoms. The highest BCUT2D eigenvalue weighted by Gasteiger charge is 2.12. The average molecular weight is 305 g/mol. The van der Waals surface area contributed by atoms with Gasteiger partial charge in [0.25, 0.3) is 0 Å². The molecule has 4 heteroatoms. The van der Waals surface area contributed by atoms with Gasteiger partial charge in [0.2, 0.25) is 0 Å². The second-order valence-corrected chi connectivity index (χ2v) is 5.23. The standard InChI is InChI=1S/C19H15NO3/c1-2-13-5-8-18-17(9-13)15(12-22-18)10-19(21)23-16-6-3-14(11-20)4-7-16/h3-9,12H,2,10H2,1H3. The summed E-state index contributed by atoms with van der Waals surface area (Å²) in [6.45, 7) is 2.08. The summed E-state index contributed by atoms with van der Waals surface area (Å²) in [4.78, 5) is 12.1. The smallest absolute Gasteiger partial charge is 0.315 e. The lowest BCUT2D eigenvalue weighted by Gasteiger charge is -2.04. The molecular formula is C19H15NO3. The van der Waals surface area contributed by atoms with Crippen molar-refractivity contribution in [1.29, 1.82) is 5.26 Å². The average Bonchev–Trinajstić information content (AvgIpc) is 2.97. The number of furan rings is 1. The van der Waals surface area contributed by atoms with Crippen LogP contribution in [0.2, 0.25) is 0 Å². The number of esters is 1. The molecule has 0 radical (unpaired) electrons. The van der Waals surface area contributed by atoms with E-state index >= 15 is 0 Å². The first-order chi connectivity index (χ1) is 11.2. The van der Waals surface area contributed by atoms with Gasteiger partial charge < -0.3 is 9.15 Å². The number of nitrogens with zero attached hydrogens (tertiary/aromatic N) is 1. The summed E-state index contributed by atoms with van der Waals surface area (Å²) in [5.74, 6) is 0.0651. The summed E-state index contributed by atoms with van der Waals surface area (Å²) in [6.07, 6.45) is 2.67. The number of ether oxygens (including phenoxy) is 1. The van der Waals surface area contributed by atoms with Gasteiger partial charge in [-0.05, 0) is 48.4 Å². The molecule has 1 heterocycles. The fourth-order valence-electron chi connectivity index (χ4n) is 2.41. The predicted molar refractivity (Wildman–Crippen MR) is 86.1 cm³/mol. The Labute approximate surface area is 133 Å². The topological polar surface area (TPSA) is 63.2 Å². The Morgan fingerprint density at radius 2 is 2.00 bits per heavy atom. The zero-order valence-corrected chi connectivity index (χ0v) is 12.7. The molecule has 0 bridgehead atoms. The van der Waals surface area contributed by atoms with E-state index in [1.54, 1.807) is 30.5 Å². The molecule has 0 spiro atoms. The van der Waals surface area contributed by atoms with Gasteiger partial charge in [0.05, 0.1) is 24.3 Å². The lowest BCUT2D eigenvalue weighted by molar-refractivity contribution is -0.133. The van der Waals surface area contributed by atoms with Crippen molar-refractivity contribution in [3.8, 4) is 11.8 Å². The van der Waals surface area contributed by atoms with E-state index in [9.17, 15) is 4.79 Å². The van der Waals surface area contributed by atoms with Crippen LogP contribution in [0.4, 0.5) is 0 Å². The van der Waals surface area contributed by atoms with Crippen molar-refractivity contribution in [2.45, 2.75) is 19.8 Å². The highest BCUT2D eigenvalue weighted by molar-refractivity contribution is 5.86. The summed E-state index contributed by atoms with van der Waals surface area (Å²) in [7, 11) is 0. The Morgan fingerprint density at radius 3 is 2.70 bits per heavy atom. The molecule has 4 nitrogen and oxygen atoms in total. The van der Waals surface area contributed by atoms with E-state index in [0.29, 0.717) is 11.3 Å². The van der Waals surface area contributed by atoms with Crippen LogP contribution < -0.4 is 4.74 Å². The van der Waals surface area contributed by atoms with Gasteiger partial charge in [-0.15, -0.1) is 0 Å². The van der Waals surface area contributed by atoms with E-state index < -0.39 is 0 Å². The summed E-state index contributed by atoms with van der Waals surface area (Å²) in [5.41, 5.74) is 3.30. The van der Waals surface area contributed by atoms with Crippen molar-refractivity contribution in [2.24, 2.45) is 0 Å². The highest BCUT2D eigenvalue weighted by Crippen LogP contribution is 2.24. The monoisotopic (exact) mass is 305 g/mol. The molecule has 2 aromatic carbocycles. The normalized spacial score (nSPS) is 10.4. The van der Waals surface area contributed by atoms with Crippen LogP contribution in [-0.2, 0) is 17.6 Å². The number of carbonyl (C=O) groups excluding carboxylic acids is 1. The van der Waals surface area contributed by atoms with Crippen molar-refractivity contribution < 1.29 is 13.9 Å². The van der Waals surface area contributed by atoms with Gasteiger partial charge in [0.15, 0.2) is 0 Å². The molecule has 0 N–H and O–H groups in total. The third-order valence-electron chi connectivity index (χ3n) is 3.68. The molecule has 0 aliphatic rings. The molecule has 0 atom stereocenters. The van der Waals surface area contributed by atoms with E-state index in [2.05, 4.69) is 6.92 Å². The molecule has 0 amide bonds. The SMILES string of the molecule is CCc1ccc2occ(CC(=O)Oc3ccc(C#N)cc3)c2c1. The summed E-state index contributed by atoms with van der Waals surface area (Å²) < 4.78 is 10.8. The van der Waals surface area contributed by atoms with E-state index in [-0.39, 0.29) is 12.4 Å². The minimum Gasteiger partial charge on any atom is -0.464 e. The number of aryl methyl sites for hydroxylation is 1. The van der Waals surface area contributed by atoms with Crippen molar-refractivity contribution in [2.75, 3.05) is 0 Å². The number of benzene rings is 2. The van der Waals surface area contributed by atoms with Gasteiger partial charge in [0, 0.05) is 10.9 Å². The zero-order chi connectivity index (χ0) is 16.2. The van der Waals surface area contributed by atoms with E-state index in [1.807, 2.05) is 24.3 Å². The Morgan fingerprint density at radius 1 is 1.22 bits per heavy atom. The number of rotatable bonds is 4. The summed E-state index contributed by atoms with van der Waals surface area (Å²) >= 11 is 0. The minimum absolute atomic E-state index is 0.139. The Bertz CT molecular complexity index is 885. The maximum absolute atomic E-state index is 12.1. The first-order valence-electron chi connectivity index (χ1n) is 7.39. The molecule has 1 aromatic heterocycles. The Kier molecular flexibility index (Phi) is 4.11. The second kappa shape index (κ2) is 6.37. The van der Waals surface area contributed by atoms with Crippen molar-refractivity contribution in [3.05, 3.63) is 65.4 Å². The lowest BCUT2D eigenvalue weighted by atomic mass is 10.1. The first-order valence-corrected chi connectivity index (χ1v) is 7.39. The largest absolute Gasteiger partial charge is 0.464 e. The molecule has 0 saturated carbocycles. The summed E-state index contributed by atoms with van der Waals surface area (Å²) in [6, 6.07) is 14.5. The van der Waals surface area contributed by atoms with Crippen LogP contribution in [0, 0.1) is 11.3 Å². The molecule has 114 valence electrons. The molecule has 0 saturated heterocycles. The van der Waals surface area contributed by atoms with Crippen LogP contribution in [0.5, 0.6) is 5.75 Å². The summed E-state index contributed by atoms with van der Waals surface area (Å²) in [5, 5.41) is 9.70. The van der Waals surface area contributed by atoms with Crippen molar-refractivity contribution in [3.63, 3.8) is 0 Å². The second-order valence-electron chi connectivity index (χ2n) is 5.23. The van der Waals surface area contributed by atoms with Gasteiger partial charge in [0.1, 0.15) is 11.3 Å². The number of hydrogen-bond donors (Lipinski definition) is 0. The van der Waals surface area contributed by atoms with Crippen LogP contribution in [-0.4, -0.2) is 5.97 Å². The first kappa shape index (κ1) is 14.9. The van der Waals surface area contributed by atoms with Crippen LogP contribution in [0.1, 0.15) is 23.6 Å². The number of carbonyl (C=O) groups is 1. The van der Waals surface area contributed by atoms with E-state index in [4.69, 9.17) is 14.4 Å². The van der Waals surface area contributed by atoms with Crippen LogP contribution in [0.15, 0.2) is 53.1 Å². The maximum atomic E-state index is 12.1. The third kappa shape index (κ3) is 3.24. The third-order valence-corrected chi connectivity index (χ3v) is 3.68. The number of nitriles is 1. The molecule has 0 aliphatic heterocycles. The minimum atomic E-state index is -0.362. The predicted octanol–water partition coefficient (Wildman–Crippen LogP) is 4.01. The maximum Gasteiger partial charge on any atom is 0.315 e. The van der Waals surface area contributed by atoms with Gasteiger partial charge in [-0.25, -0.2) is 0 Å². The van der Waals surface area contributed by atoms with Gasteiger partial charge in [-0.2, -0.15) is 5.26 Å². The van der Waals surface area contributed by atoms with Gasteiger partial charge >= 0.3 is 5.97 Å². The van der Waals surface area contributed by atoms with Crippen molar-refractivity contribution >= 4 is 16.9 Å². The highest BCUT2D eigenvalue weighted by atomic mass is 16.5. The van der Waals surface area contributed by atoms with E-state index in [0.717, 1.165) is 23.0 Å². The quantitative estimate of drug-likeness (QED) is 0.539. The number of fused-ring (bicyclic) bond motifs is 1. The van der Waals surface area contributed by atoms with Gasteiger partial charge in [-0.1, -0.05) is 13.0 Å². The molecule has 3 rings (SSSR count). The Hall–Kier alpha value is -3.06. The molecule has 0 unspecified atom stereocenters. The van der Waals surface area contributed by atoms with Crippen molar-refractivity contribution in [1.82, 2.24) is 0 Å². The van der Waals surface area contributed by atoms with Crippen LogP contribution >= 0.6 is 0 Å². The fraction of sp³-hybridized carbons (Fsp3) is 0.158.